The summed E-state index contributed by atoms with van der Waals surface area (Å²) in [6.07, 6.45) is 1.48. The Morgan fingerprint density at radius 2 is 2.14 bits per heavy atom. The SMILES string of the molecule is O=C(c1ccoc1Br)c1sccc1Br. The molecule has 2 aromatic heterocycles. The molecule has 14 heavy (non-hydrogen) atoms. The molecule has 0 saturated heterocycles. The maximum atomic E-state index is 11.9. The minimum absolute atomic E-state index is 0.0347. The van der Waals surface area contributed by atoms with Crippen molar-refractivity contribution in [2.24, 2.45) is 0 Å². The molecule has 2 nitrogen and oxygen atoms in total. The van der Waals surface area contributed by atoms with E-state index in [4.69, 9.17) is 4.42 Å². The zero-order chi connectivity index (χ0) is 10.1. The maximum absolute atomic E-state index is 11.9. The van der Waals surface area contributed by atoms with Gasteiger partial charge in [-0.15, -0.1) is 11.3 Å². The van der Waals surface area contributed by atoms with Crippen molar-refractivity contribution in [2.45, 2.75) is 0 Å². The maximum Gasteiger partial charge on any atom is 0.208 e. The van der Waals surface area contributed by atoms with E-state index in [9.17, 15) is 4.79 Å². The van der Waals surface area contributed by atoms with Crippen molar-refractivity contribution in [2.75, 3.05) is 0 Å². The van der Waals surface area contributed by atoms with Crippen LogP contribution in [0.1, 0.15) is 15.2 Å². The molecule has 0 amide bonds. The predicted octanol–water partition coefficient (Wildman–Crippen LogP) is 4.10. The highest BCUT2D eigenvalue weighted by Crippen LogP contribution is 2.28. The van der Waals surface area contributed by atoms with Gasteiger partial charge in [0.15, 0.2) is 4.67 Å². The average molecular weight is 336 g/mol. The smallest absolute Gasteiger partial charge is 0.208 e. The van der Waals surface area contributed by atoms with Gasteiger partial charge in [-0.1, -0.05) is 0 Å². The van der Waals surface area contributed by atoms with Crippen LogP contribution in [0.15, 0.2) is 37.3 Å². The zero-order valence-electron chi connectivity index (χ0n) is 6.79. The fraction of sp³-hybridized carbons (Fsp3) is 0. The molecule has 2 aromatic rings. The molecule has 2 heterocycles. The first-order valence-corrected chi connectivity index (χ1v) is 6.17. The standard InChI is InChI=1S/C9H4Br2O2S/c10-6-2-4-14-8(6)7(12)5-1-3-13-9(5)11/h1-4H. The molecule has 0 unspecified atom stereocenters. The van der Waals surface area contributed by atoms with Gasteiger partial charge in [-0.2, -0.15) is 0 Å². The van der Waals surface area contributed by atoms with Crippen LogP contribution in [-0.2, 0) is 0 Å². The largest absolute Gasteiger partial charge is 0.457 e. The lowest BCUT2D eigenvalue weighted by molar-refractivity contribution is 0.104. The van der Waals surface area contributed by atoms with Crippen LogP contribution in [0.4, 0.5) is 0 Å². The first kappa shape index (κ1) is 10.1. The normalized spacial score (nSPS) is 10.4. The van der Waals surface area contributed by atoms with E-state index in [1.807, 2.05) is 11.4 Å². The predicted molar refractivity (Wildman–Crippen MR) is 61.9 cm³/mol. The number of furan rings is 1. The molecule has 0 fully saturated rings. The van der Waals surface area contributed by atoms with Crippen LogP contribution >= 0.6 is 43.2 Å². The number of hydrogen-bond acceptors (Lipinski definition) is 3. The van der Waals surface area contributed by atoms with Crippen LogP contribution in [0, 0.1) is 0 Å². The van der Waals surface area contributed by atoms with Gasteiger partial charge < -0.3 is 4.42 Å². The van der Waals surface area contributed by atoms with Gasteiger partial charge in [0.25, 0.3) is 0 Å². The molecule has 72 valence electrons. The molecule has 0 radical (unpaired) electrons. The number of carbonyl (C=O) groups excluding carboxylic acids is 1. The second kappa shape index (κ2) is 4.00. The van der Waals surface area contributed by atoms with E-state index in [1.165, 1.54) is 17.6 Å². The number of ketones is 1. The Morgan fingerprint density at radius 1 is 1.36 bits per heavy atom. The highest BCUT2D eigenvalue weighted by Gasteiger charge is 2.18. The molecule has 0 aromatic carbocycles. The lowest BCUT2D eigenvalue weighted by atomic mass is 10.2. The Hall–Kier alpha value is -0.390. The second-order valence-electron chi connectivity index (χ2n) is 2.53. The fourth-order valence-corrected chi connectivity index (χ4v) is 2.96. The summed E-state index contributed by atoms with van der Waals surface area (Å²) in [6.45, 7) is 0. The van der Waals surface area contributed by atoms with Gasteiger partial charge in [-0.05, 0) is 49.4 Å². The molecule has 2 rings (SSSR count). The fourth-order valence-electron chi connectivity index (χ4n) is 1.03. The van der Waals surface area contributed by atoms with E-state index in [2.05, 4.69) is 31.9 Å². The number of hydrogen-bond donors (Lipinski definition) is 0. The molecule has 0 aliphatic rings. The van der Waals surface area contributed by atoms with Crippen LogP contribution in [0.2, 0.25) is 0 Å². The molecule has 0 saturated carbocycles. The van der Waals surface area contributed by atoms with Crippen molar-refractivity contribution in [3.8, 4) is 0 Å². The van der Waals surface area contributed by atoms with E-state index in [1.54, 1.807) is 6.07 Å². The van der Waals surface area contributed by atoms with Gasteiger partial charge >= 0.3 is 0 Å². The highest BCUT2D eigenvalue weighted by atomic mass is 79.9. The number of thiophene rings is 1. The van der Waals surface area contributed by atoms with Crippen LogP contribution in [0.25, 0.3) is 0 Å². The monoisotopic (exact) mass is 334 g/mol. The first-order valence-electron chi connectivity index (χ1n) is 3.71. The van der Waals surface area contributed by atoms with Crippen molar-refractivity contribution < 1.29 is 9.21 Å². The Labute approximate surface area is 101 Å². The molecule has 0 aliphatic heterocycles. The topological polar surface area (TPSA) is 30.2 Å². The minimum atomic E-state index is -0.0347. The van der Waals surface area contributed by atoms with Crippen molar-refractivity contribution >= 4 is 49.0 Å². The molecule has 0 aliphatic carbocycles. The van der Waals surface area contributed by atoms with Crippen molar-refractivity contribution in [1.29, 1.82) is 0 Å². The summed E-state index contributed by atoms with van der Waals surface area (Å²) in [5.41, 5.74) is 0.549. The Morgan fingerprint density at radius 3 is 2.64 bits per heavy atom. The Bertz CT molecular complexity index is 430. The summed E-state index contributed by atoms with van der Waals surface area (Å²) in [4.78, 5) is 12.6. The van der Waals surface area contributed by atoms with Crippen LogP contribution in [0.5, 0.6) is 0 Å². The van der Waals surface area contributed by atoms with E-state index < -0.39 is 0 Å². The number of carbonyl (C=O) groups is 1. The molecule has 0 bridgehead atoms. The third kappa shape index (κ3) is 1.71. The van der Waals surface area contributed by atoms with Crippen LogP contribution in [-0.4, -0.2) is 5.78 Å². The van der Waals surface area contributed by atoms with E-state index in [0.29, 0.717) is 15.1 Å². The van der Waals surface area contributed by atoms with Crippen LogP contribution < -0.4 is 0 Å². The molecule has 0 N–H and O–H groups in total. The summed E-state index contributed by atoms with van der Waals surface area (Å²) in [5.74, 6) is -0.0347. The number of halogens is 2. The lowest BCUT2D eigenvalue weighted by Gasteiger charge is -1.95. The zero-order valence-corrected chi connectivity index (χ0v) is 10.8. The third-order valence-electron chi connectivity index (χ3n) is 1.69. The van der Waals surface area contributed by atoms with Gasteiger partial charge in [0, 0.05) is 4.47 Å². The summed E-state index contributed by atoms with van der Waals surface area (Å²) < 4.78 is 6.30. The van der Waals surface area contributed by atoms with Gasteiger partial charge in [-0.3, -0.25) is 4.79 Å². The highest BCUT2D eigenvalue weighted by molar-refractivity contribution is 9.10. The van der Waals surface area contributed by atoms with Crippen LogP contribution in [0.3, 0.4) is 0 Å². The third-order valence-corrected chi connectivity index (χ3v) is 4.14. The van der Waals surface area contributed by atoms with Crippen molar-refractivity contribution in [3.05, 3.63) is 43.4 Å². The second-order valence-corrected chi connectivity index (χ2v) is 5.03. The lowest BCUT2D eigenvalue weighted by Crippen LogP contribution is -1.97. The molecular weight excluding hydrogens is 332 g/mol. The minimum Gasteiger partial charge on any atom is -0.457 e. The van der Waals surface area contributed by atoms with Gasteiger partial charge in [0.05, 0.1) is 16.7 Å². The molecule has 5 heteroatoms. The van der Waals surface area contributed by atoms with E-state index >= 15 is 0 Å². The Kier molecular flexibility index (Phi) is 2.90. The van der Waals surface area contributed by atoms with Gasteiger partial charge in [-0.25, -0.2) is 0 Å². The molecular formula is C9H4Br2O2S. The Balaban J connectivity index is 2.44. The van der Waals surface area contributed by atoms with Crippen molar-refractivity contribution in [3.63, 3.8) is 0 Å². The molecule has 0 spiro atoms. The summed E-state index contributed by atoms with van der Waals surface area (Å²) in [5, 5.41) is 1.87. The summed E-state index contributed by atoms with van der Waals surface area (Å²) in [6, 6.07) is 3.50. The van der Waals surface area contributed by atoms with Gasteiger partial charge in [0.2, 0.25) is 5.78 Å². The van der Waals surface area contributed by atoms with E-state index in [-0.39, 0.29) is 5.78 Å². The van der Waals surface area contributed by atoms with Crippen molar-refractivity contribution in [1.82, 2.24) is 0 Å². The first-order chi connectivity index (χ1) is 6.70. The average Bonchev–Trinajstić information content (AvgIpc) is 2.73. The number of rotatable bonds is 2. The van der Waals surface area contributed by atoms with E-state index in [0.717, 1.165) is 4.47 Å². The van der Waals surface area contributed by atoms with Gasteiger partial charge in [0.1, 0.15) is 0 Å². The molecule has 0 atom stereocenters. The summed E-state index contributed by atoms with van der Waals surface area (Å²) >= 11 is 7.91. The summed E-state index contributed by atoms with van der Waals surface area (Å²) in [7, 11) is 0. The quantitative estimate of drug-likeness (QED) is 0.773.